The van der Waals surface area contributed by atoms with E-state index in [2.05, 4.69) is 9.97 Å². The highest BCUT2D eigenvalue weighted by atomic mass is 16.7. The summed E-state index contributed by atoms with van der Waals surface area (Å²) < 4.78 is 2.20. The van der Waals surface area contributed by atoms with Crippen LogP contribution in [0.4, 0.5) is 5.69 Å². The summed E-state index contributed by atoms with van der Waals surface area (Å²) in [6.45, 7) is 0. The van der Waals surface area contributed by atoms with Crippen LogP contribution in [0.15, 0.2) is 40.4 Å². The van der Waals surface area contributed by atoms with E-state index in [1.54, 1.807) is 0 Å². The average Bonchev–Trinajstić information content (AvgIpc) is 3.01. The number of imidazole rings is 1. The summed E-state index contributed by atoms with van der Waals surface area (Å²) >= 11 is 0. The fourth-order valence-electron chi connectivity index (χ4n) is 2.15. The van der Waals surface area contributed by atoms with E-state index in [0.717, 1.165) is 4.73 Å². The number of fused-ring (bicyclic) bond motifs is 1. The minimum atomic E-state index is -0.931. The van der Waals surface area contributed by atoms with Crippen molar-refractivity contribution in [3.8, 4) is 5.69 Å². The van der Waals surface area contributed by atoms with Crippen LogP contribution in [0.5, 0.6) is 0 Å². The molecule has 0 unspecified atom stereocenters. The van der Waals surface area contributed by atoms with Gasteiger partial charge in [-0.25, -0.2) is 4.98 Å². The van der Waals surface area contributed by atoms with Crippen molar-refractivity contribution in [2.45, 2.75) is 0 Å². The molecule has 0 aliphatic carbocycles. The molecule has 0 spiro atoms. The van der Waals surface area contributed by atoms with E-state index < -0.39 is 16.0 Å². The van der Waals surface area contributed by atoms with Crippen LogP contribution >= 0.6 is 0 Å². The number of rotatable bonds is 3. The lowest BCUT2D eigenvalue weighted by atomic mass is 10.2. The molecule has 1 aromatic carbocycles. The predicted molar refractivity (Wildman–Crippen MR) is 75.1 cm³/mol. The van der Waals surface area contributed by atoms with Gasteiger partial charge in [-0.2, -0.15) is 0 Å². The summed E-state index contributed by atoms with van der Waals surface area (Å²) in [5.74, 6) is 0. The predicted octanol–water partition coefficient (Wildman–Crippen LogP) is -0.158. The summed E-state index contributed by atoms with van der Waals surface area (Å²) in [5, 5.41) is 11.2. The zero-order valence-electron chi connectivity index (χ0n) is 11.2. The highest BCUT2D eigenvalue weighted by Crippen LogP contribution is 2.26. The fraction of sp³-hybridized carbons (Fsp3) is 0.0833. The molecule has 10 nitrogen and oxygen atoms in total. The van der Waals surface area contributed by atoms with Gasteiger partial charge in [-0.05, 0) is 6.07 Å². The third-order valence-electron chi connectivity index (χ3n) is 3.10. The summed E-state index contributed by atoms with van der Waals surface area (Å²) in [6.07, 6.45) is 4.37. The Labute approximate surface area is 121 Å². The van der Waals surface area contributed by atoms with Crippen LogP contribution < -0.4 is 16.0 Å². The molecule has 0 radical (unpaired) electrons. The van der Waals surface area contributed by atoms with Crippen LogP contribution in [0.3, 0.4) is 0 Å². The minimum Gasteiger partial charge on any atom is -0.413 e. The number of nitrogens with zero attached hydrogens (tertiary/aromatic N) is 4. The van der Waals surface area contributed by atoms with Crippen molar-refractivity contribution in [2.75, 3.05) is 7.11 Å². The Hall–Kier alpha value is -3.43. The fourth-order valence-corrected chi connectivity index (χ4v) is 2.15. The van der Waals surface area contributed by atoms with Crippen LogP contribution in [0, 0.1) is 10.1 Å². The molecule has 10 heteroatoms. The van der Waals surface area contributed by atoms with Crippen molar-refractivity contribution in [3.63, 3.8) is 0 Å². The molecule has 0 fully saturated rings. The molecule has 0 aliphatic heterocycles. The third-order valence-corrected chi connectivity index (χ3v) is 3.10. The van der Waals surface area contributed by atoms with Gasteiger partial charge in [0.15, 0.2) is 0 Å². The van der Waals surface area contributed by atoms with E-state index in [0.29, 0.717) is 0 Å². The maximum Gasteiger partial charge on any atom is 0.349 e. The van der Waals surface area contributed by atoms with Gasteiger partial charge in [0.1, 0.15) is 18.3 Å². The largest absolute Gasteiger partial charge is 0.413 e. The number of nitro groups is 1. The summed E-state index contributed by atoms with van der Waals surface area (Å²) in [7, 11) is 1.22. The maximum atomic E-state index is 11.8. The second-order valence-corrected chi connectivity index (χ2v) is 4.32. The Balaban J connectivity index is 2.48. The molecule has 0 bridgehead atoms. The first-order valence-electron chi connectivity index (χ1n) is 6.03. The zero-order chi connectivity index (χ0) is 15.9. The number of H-pyrrole nitrogens is 1. The van der Waals surface area contributed by atoms with E-state index in [9.17, 15) is 19.7 Å². The van der Waals surface area contributed by atoms with Gasteiger partial charge >= 0.3 is 11.1 Å². The number of nitrogens with one attached hydrogen (secondary N) is 1. The Bertz CT molecular complexity index is 986. The lowest BCUT2D eigenvalue weighted by molar-refractivity contribution is -0.384. The SMILES string of the molecule is COn1c(=O)c(=O)[nH]c2cc([N+](=O)[O-])c(-n3ccnc3)cc21. The van der Waals surface area contributed by atoms with Gasteiger partial charge < -0.3 is 14.4 Å². The summed E-state index contributed by atoms with van der Waals surface area (Å²) in [4.78, 5) is 45.0. The van der Waals surface area contributed by atoms with E-state index in [-0.39, 0.29) is 22.4 Å². The number of hydrogen-bond acceptors (Lipinski definition) is 6. The van der Waals surface area contributed by atoms with Gasteiger partial charge in [0.05, 0.1) is 16.8 Å². The second-order valence-electron chi connectivity index (χ2n) is 4.32. The summed E-state index contributed by atoms with van der Waals surface area (Å²) in [6, 6.07) is 2.54. The van der Waals surface area contributed by atoms with Gasteiger partial charge in [0.25, 0.3) is 5.69 Å². The lowest BCUT2D eigenvalue weighted by Gasteiger charge is -2.10. The number of hydrogen-bond donors (Lipinski definition) is 1. The molecule has 0 saturated carbocycles. The molecular formula is C12H9N5O5. The first-order valence-corrected chi connectivity index (χ1v) is 6.03. The standard InChI is InChI=1S/C12H9N5O5/c1-22-16-8-5-9(15-3-2-13-6-15)10(17(20)21)4-7(8)14-11(18)12(16)19/h2-6H,1H3,(H,14,18). The Morgan fingerprint density at radius 1 is 1.36 bits per heavy atom. The molecule has 2 heterocycles. The van der Waals surface area contributed by atoms with E-state index in [4.69, 9.17) is 4.84 Å². The number of aromatic nitrogens is 4. The monoisotopic (exact) mass is 303 g/mol. The van der Waals surface area contributed by atoms with E-state index in [1.165, 1.54) is 42.5 Å². The molecule has 3 rings (SSSR count). The first-order chi connectivity index (χ1) is 10.5. The highest BCUT2D eigenvalue weighted by molar-refractivity contribution is 5.81. The highest BCUT2D eigenvalue weighted by Gasteiger charge is 2.20. The Kier molecular flexibility index (Phi) is 2.98. The van der Waals surface area contributed by atoms with Gasteiger partial charge in [-0.3, -0.25) is 19.7 Å². The minimum absolute atomic E-state index is 0.113. The first kappa shape index (κ1) is 13.5. The number of nitro benzene ring substituents is 1. The molecular weight excluding hydrogens is 294 g/mol. The molecule has 0 amide bonds. The quantitative estimate of drug-likeness (QED) is 0.407. The van der Waals surface area contributed by atoms with Gasteiger partial charge in [0.2, 0.25) is 0 Å². The molecule has 3 aromatic rings. The topological polar surface area (TPSA) is 125 Å². The third kappa shape index (κ3) is 1.93. The van der Waals surface area contributed by atoms with Crippen molar-refractivity contribution in [1.82, 2.24) is 19.3 Å². The second kappa shape index (κ2) is 4.84. The van der Waals surface area contributed by atoms with Crippen molar-refractivity contribution >= 4 is 16.7 Å². The van der Waals surface area contributed by atoms with Gasteiger partial charge in [-0.15, -0.1) is 4.73 Å². The molecule has 0 atom stereocenters. The maximum absolute atomic E-state index is 11.8. The smallest absolute Gasteiger partial charge is 0.349 e. The van der Waals surface area contributed by atoms with Gasteiger partial charge in [0, 0.05) is 18.5 Å². The van der Waals surface area contributed by atoms with Crippen LogP contribution in [0.2, 0.25) is 0 Å². The van der Waals surface area contributed by atoms with Crippen LogP contribution in [0.25, 0.3) is 16.7 Å². The van der Waals surface area contributed by atoms with Gasteiger partial charge in [-0.1, -0.05) is 0 Å². The van der Waals surface area contributed by atoms with Crippen molar-refractivity contribution < 1.29 is 9.76 Å². The molecule has 112 valence electrons. The van der Waals surface area contributed by atoms with Crippen molar-refractivity contribution in [1.29, 1.82) is 0 Å². The molecule has 22 heavy (non-hydrogen) atoms. The molecule has 2 aromatic heterocycles. The Morgan fingerprint density at radius 3 is 2.73 bits per heavy atom. The van der Waals surface area contributed by atoms with Crippen LogP contribution in [-0.2, 0) is 0 Å². The number of aromatic amines is 1. The lowest BCUT2D eigenvalue weighted by Crippen LogP contribution is -2.38. The summed E-state index contributed by atoms with van der Waals surface area (Å²) in [5.41, 5.74) is -1.60. The van der Waals surface area contributed by atoms with E-state index in [1.807, 2.05) is 0 Å². The average molecular weight is 303 g/mol. The molecule has 0 aliphatic rings. The Morgan fingerprint density at radius 2 is 2.14 bits per heavy atom. The molecule has 1 N–H and O–H groups in total. The molecule has 0 saturated heterocycles. The van der Waals surface area contributed by atoms with Crippen LogP contribution in [0.1, 0.15) is 0 Å². The van der Waals surface area contributed by atoms with E-state index >= 15 is 0 Å². The van der Waals surface area contributed by atoms with Crippen LogP contribution in [-0.4, -0.2) is 31.3 Å². The normalized spacial score (nSPS) is 10.8. The number of benzene rings is 1. The van der Waals surface area contributed by atoms with Crippen molar-refractivity contribution in [3.05, 3.63) is 61.7 Å². The van der Waals surface area contributed by atoms with Crippen molar-refractivity contribution in [2.24, 2.45) is 0 Å². The zero-order valence-corrected chi connectivity index (χ0v) is 11.2.